The van der Waals surface area contributed by atoms with Gasteiger partial charge in [-0.15, -0.1) is 0 Å². The second kappa shape index (κ2) is 5.79. The Morgan fingerprint density at radius 2 is 2.00 bits per heavy atom. The van der Waals surface area contributed by atoms with Gasteiger partial charge in [0.2, 0.25) is 0 Å². The van der Waals surface area contributed by atoms with E-state index in [0.717, 1.165) is 35.3 Å². The van der Waals surface area contributed by atoms with E-state index in [1.807, 2.05) is 22.9 Å². The molecule has 3 aromatic rings. The third-order valence-corrected chi connectivity index (χ3v) is 3.71. The van der Waals surface area contributed by atoms with E-state index >= 15 is 0 Å². The number of rotatable bonds is 4. The first-order valence-electron chi connectivity index (χ1n) is 6.88. The van der Waals surface area contributed by atoms with Crippen LogP contribution in [0, 0.1) is 0 Å². The Morgan fingerprint density at radius 3 is 2.76 bits per heavy atom. The molecule has 21 heavy (non-hydrogen) atoms. The van der Waals surface area contributed by atoms with Crippen molar-refractivity contribution in [2.75, 3.05) is 0 Å². The number of nitrogens with two attached hydrogens (primary N) is 1. The van der Waals surface area contributed by atoms with Gasteiger partial charge in [-0.2, -0.15) is 5.10 Å². The second-order valence-electron chi connectivity index (χ2n) is 4.88. The lowest BCUT2D eigenvalue weighted by Gasteiger charge is -2.15. The molecule has 0 fully saturated rings. The highest BCUT2D eigenvalue weighted by molar-refractivity contribution is 6.31. The summed E-state index contributed by atoms with van der Waals surface area (Å²) in [4.78, 5) is 8.58. The fourth-order valence-corrected chi connectivity index (χ4v) is 2.66. The lowest BCUT2D eigenvalue weighted by Crippen LogP contribution is -2.18. The van der Waals surface area contributed by atoms with Crippen molar-refractivity contribution in [3.63, 3.8) is 0 Å². The van der Waals surface area contributed by atoms with Crippen LogP contribution in [-0.4, -0.2) is 19.7 Å². The van der Waals surface area contributed by atoms with Crippen LogP contribution >= 0.6 is 11.6 Å². The fraction of sp³-hybridized carbons (Fsp3) is 0.267. The molecule has 6 heteroatoms. The van der Waals surface area contributed by atoms with Gasteiger partial charge in [-0.3, -0.25) is 14.6 Å². The van der Waals surface area contributed by atoms with Crippen LogP contribution < -0.4 is 5.73 Å². The summed E-state index contributed by atoms with van der Waals surface area (Å²) in [5, 5.41) is 4.88. The van der Waals surface area contributed by atoms with Crippen LogP contribution in [0.25, 0.3) is 11.0 Å². The summed E-state index contributed by atoms with van der Waals surface area (Å²) in [5.74, 6) is 0. The number of fused-ring (bicyclic) bond motifs is 1. The molecule has 5 nitrogen and oxygen atoms in total. The summed E-state index contributed by atoms with van der Waals surface area (Å²) in [7, 11) is 0. The number of hydrogen-bond acceptors (Lipinski definition) is 4. The molecule has 0 saturated heterocycles. The Labute approximate surface area is 127 Å². The van der Waals surface area contributed by atoms with Crippen molar-refractivity contribution in [1.82, 2.24) is 19.7 Å². The van der Waals surface area contributed by atoms with Gasteiger partial charge in [-0.1, -0.05) is 24.6 Å². The molecular formula is C15H16ClN5. The molecule has 1 unspecified atom stereocenters. The van der Waals surface area contributed by atoms with Gasteiger partial charge in [-0.05, 0) is 24.1 Å². The molecule has 2 heterocycles. The van der Waals surface area contributed by atoms with Crippen LogP contribution in [0.2, 0.25) is 5.02 Å². The van der Waals surface area contributed by atoms with E-state index in [2.05, 4.69) is 22.0 Å². The normalized spacial score (nSPS) is 12.7. The highest BCUT2D eigenvalue weighted by Gasteiger charge is 2.18. The minimum atomic E-state index is -0.335. The smallest absolute Gasteiger partial charge is 0.0890 e. The van der Waals surface area contributed by atoms with Crippen molar-refractivity contribution >= 4 is 22.6 Å². The molecule has 1 atom stereocenters. The van der Waals surface area contributed by atoms with Gasteiger partial charge in [0.25, 0.3) is 0 Å². The van der Waals surface area contributed by atoms with E-state index in [4.69, 9.17) is 17.3 Å². The maximum Gasteiger partial charge on any atom is 0.0890 e. The standard InChI is InChI=1S/C15H16ClN5/c1-2-7-21-15(11(16)9-20-21)14(17)10-3-4-12-13(8-10)19-6-5-18-12/h3-6,8-9,14H,2,7,17H2,1H3. The molecule has 0 amide bonds. The highest BCUT2D eigenvalue weighted by Crippen LogP contribution is 2.27. The van der Waals surface area contributed by atoms with Crippen molar-refractivity contribution in [1.29, 1.82) is 0 Å². The number of aryl methyl sites for hydroxylation is 1. The maximum atomic E-state index is 6.39. The molecule has 0 bridgehead atoms. The average Bonchev–Trinajstić information content (AvgIpc) is 2.87. The first kappa shape index (κ1) is 14.0. The van der Waals surface area contributed by atoms with Gasteiger partial charge >= 0.3 is 0 Å². The van der Waals surface area contributed by atoms with Gasteiger partial charge in [0, 0.05) is 18.9 Å². The molecule has 0 aliphatic carbocycles. The number of nitrogens with zero attached hydrogens (tertiary/aromatic N) is 4. The number of benzene rings is 1. The minimum absolute atomic E-state index is 0.335. The van der Waals surface area contributed by atoms with Gasteiger partial charge < -0.3 is 5.73 Å². The quantitative estimate of drug-likeness (QED) is 0.804. The Hall–Kier alpha value is -1.98. The second-order valence-corrected chi connectivity index (χ2v) is 5.29. The number of aromatic nitrogens is 4. The van der Waals surface area contributed by atoms with E-state index in [9.17, 15) is 0 Å². The first-order valence-corrected chi connectivity index (χ1v) is 7.26. The van der Waals surface area contributed by atoms with E-state index < -0.39 is 0 Å². The predicted molar refractivity (Wildman–Crippen MR) is 83.1 cm³/mol. The summed E-state index contributed by atoms with van der Waals surface area (Å²) in [6.45, 7) is 2.89. The van der Waals surface area contributed by atoms with Gasteiger partial charge in [-0.25, -0.2) is 0 Å². The Morgan fingerprint density at radius 1 is 1.24 bits per heavy atom. The molecule has 0 aliphatic heterocycles. The van der Waals surface area contributed by atoms with Crippen LogP contribution in [0.15, 0.2) is 36.8 Å². The van der Waals surface area contributed by atoms with Crippen LogP contribution in [-0.2, 0) is 6.54 Å². The van der Waals surface area contributed by atoms with Crippen LogP contribution in [0.5, 0.6) is 0 Å². The molecule has 108 valence electrons. The maximum absolute atomic E-state index is 6.39. The lowest BCUT2D eigenvalue weighted by atomic mass is 10.0. The summed E-state index contributed by atoms with van der Waals surface area (Å²) < 4.78 is 1.87. The molecule has 1 aromatic carbocycles. The summed E-state index contributed by atoms with van der Waals surface area (Å²) >= 11 is 6.25. The fourth-order valence-electron chi connectivity index (χ4n) is 2.40. The van der Waals surface area contributed by atoms with Crippen molar-refractivity contribution in [3.05, 3.63) is 53.1 Å². The summed E-state index contributed by atoms with van der Waals surface area (Å²) in [6.07, 6.45) is 5.97. The molecule has 0 saturated carbocycles. The van der Waals surface area contributed by atoms with Crippen LogP contribution in [0.4, 0.5) is 0 Å². The molecule has 0 radical (unpaired) electrons. The number of halogens is 1. The summed E-state index contributed by atoms with van der Waals surface area (Å²) in [6, 6.07) is 5.50. The van der Waals surface area contributed by atoms with Crippen molar-refractivity contribution in [2.45, 2.75) is 25.9 Å². The lowest BCUT2D eigenvalue weighted by molar-refractivity contribution is 0.560. The molecule has 2 aromatic heterocycles. The van der Waals surface area contributed by atoms with E-state index in [1.165, 1.54) is 0 Å². The monoisotopic (exact) mass is 301 g/mol. The third kappa shape index (κ3) is 2.62. The SMILES string of the molecule is CCCn1ncc(Cl)c1C(N)c1ccc2nccnc2c1. The Balaban J connectivity index is 2.03. The van der Waals surface area contributed by atoms with Gasteiger partial charge in [0.05, 0.1) is 34.0 Å². The Bertz CT molecular complexity index is 768. The summed E-state index contributed by atoms with van der Waals surface area (Å²) in [5.41, 5.74) is 9.84. The third-order valence-electron chi connectivity index (χ3n) is 3.42. The molecule has 3 rings (SSSR count). The zero-order valence-corrected chi connectivity index (χ0v) is 12.5. The Kier molecular flexibility index (Phi) is 3.86. The van der Waals surface area contributed by atoms with E-state index in [0.29, 0.717) is 5.02 Å². The molecule has 0 aliphatic rings. The first-order chi connectivity index (χ1) is 10.2. The zero-order valence-electron chi connectivity index (χ0n) is 11.7. The van der Waals surface area contributed by atoms with Gasteiger partial charge in [0.1, 0.15) is 0 Å². The van der Waals surface area contributed by atoms with Crippen molar-refractivity contribution < 1.29 is 0 Å². The predicted octanol–water partition coefficient (Wildman–Crippen LogP) is 2.94. The molecular weight excluding hydrogens is 286 g/mol. The van der Waals surface area contributed by atoms with E-state index in [1.54, 1.807) is 18.6 Å². The average molecular weight is 302 g/mol. The highest BCUT2D eigenvalue weighted by atomic mass is 35.5. The molecule has 2 N–H and O–H groups in total. The van der Waals surface area contributed by atoms with Crippen molar-refractivity contribution in [3.8, 4) is 0 Å². The molecule has 0 spiro atoms. The number of hydrogen-bond donors (Lipinski definition) is 1. The minimum Gasteiger partial charge on any atom is -0.319 e. The van der Waals surface area contributed by atoms with Crippen LogP contribution in [0.1, 0.15) is 30.6 Å². The largest absolute Gasteiger partial charge is 0.319 e. The van der Waals surface area contributed by atoms with E-state index in [-0.39, 0.29) is 6.04 Å². The van der Waals surface area contributed by atoms with Gasteiger partial charge in [0.15, 0.2) is 0 Å². The van der Waals surface area contributed by atoms with Crippen molar-refractivity contribution in [2.24, 2.45) is 5.73 Å². The zero-order chi connectivity index (χ0) is 14.8. The topological polar surface area (TPSA) is 69.6 Å². The van der Waals surface area contributed by atoms with Crippen LogP contribution in [0.3, 0.4) is 0 Å².